The molecule has 0 saturated carbocycles. The number of benzene rings is 3. The Labute approximate surface area is 250 Å². The Kier molecular flexibility index (Phi) is 11.5. The fourth-order valence-electron chi connectivity index (χ4n) is 5.92. The summed E-state index contributed by atoms with van der Waals surface area (Å²) in [6, 6.07) is 31.3. The Balaban J connectivity index is 1.34. The highest BCUT2D eigenvalue weighted by atomic mass is 16.7. The van der Waals surface area contributed by atoms with E-state index in [2.05, 4.69) is 79.4 Å². The van der Waals surface area contributed by atoms with Crippen LogP contribution in [0.25, 0.3) is 0 Å². The number of amides is 1. The first-order chi connectivity index (χ1) is 20.3. The fourth-order valence-corrected chi connectivity index (χ4v) is 5.92. The molecule has 0 bridgehead atoms. The average molecular weight is 572 g/mol. The molecule has 1 saturated heterocycles. The molecule has 0 spiro atoms. The Bertz CT molecular complexity index is 1150. The lowest BCUT2D eigenvalue weighted by Crippen LogP contribution is -2.33. The van der Waals surface area contributed by atoms with Crippen molar-refractivity contribution < 1.29 is 24.2 Å². The van der Waals surface area contributed by atoms with Crippen LogP contribution in [0, 0.1) is 5.92 Å². The molecular weight excluding hydrogens is 526 g/mol. The zero-order chi connectivity index (χ0) is 30.0. The van der Waals surface area contributed by atoms with Gasteiger partial charge in [0.05, 0.1) is 25.4 Å². The lowest BCUT2D eigenvalue weighted by atomic mass is 9.80. The van der Waals surface area contributed by atoms with E-state index in [1.54, 1.807) is 7.05 Å². The molecule has 4 rings (SSSR count). The molecule has 6 nitrogen and oxygen atoms in total. The van der Waals surface area contributed by atoms with Crippen LogP contribution >= 0.6 is 0 Å². The van der Waals surface area contributed by atoms with E-state index in [0.717, 1.165) is 41.5 Å². The van der Waals surface area contributed by atoms with E-state index in [9.17, 15) is 9.90 Å². The number of rotatable bonds is 15. The Morgan fingerprint density at radius 1 is 0.976 bits per heavy atom. The predicted octanol–water partition coefficient (Wildman–Crippen LogP) is 6.68. The summed E-state index contributed by atoms with van der Waals surface area (Å²) in [5, 5.41) is 11.8. The van der Waals surface area contributed by atoms with Crippen LogP contribution in [0.2, 0.25) is 0 Å². The number of hydroxylamine groups is 2. The number of ether oxygens (including phenoxy) is 2. The maximum absolute atomic E-state index is 12.2. The van der Waals surface area contributed by atoms with E-state index < -0.39 is 11.7 Å². The fraction of sp³-hybridized carbons (Fsp3) is 0.417. The third-order valence-electron chi connectivity index (χ3n) is 8.23. The van der Waals surface area contributed by atoms with E-state index in [4.69, 9.17) is 14.3 Å². The molecule has 2 unspecified atom stereocenters. The van der Waals surface area contributed by atoms with Gasteiger partial charge in [-0.25, -0.2) is 5.06 Å². The number of aliphatic hydroxyl groups is 1. The number of carbonyl (C=O) groups is 1. The topological polar surface area (TPSA) is 68.2 Å². The largest absolute Gasteiger partial charge is 0.393 e. The van der Waals surface area contributed by atoms with E-state index in [1.807, 2.05) is 25.1 Å². The van der Waals surface area contributed by atoms with Gasteiger partial charge in [-0.05, 0) is 60.8 Å². The lowest BCUT2D eigenvalue weighted by Gasteiger charge is -2.36. The lowest BCUT2D eigenvalue weighted by molar-refractivity contribution is -0.173. The van der Waals surface area contributed by atoms with Crippen molar-refractivity contribution >= 4 is 5.91 Å². The van der Waals surface area contributed by atoms with Crippen molar-refractivity contribution in [2.45, 2.75) is 69.4 Å². The van der Waals surface area contributed by atoms with Gasteiger partial charge >= 0.3 is 0 Å². The van der Waals surface area contributed by atoms with Gasteiger partial charge < -0.3 is 14.6 Å². The van der Waals surface area contributed by atoms with Gasteiger partial charge in [-0.2, -0.15) is 0 Å². The van der Waals surface area contributed by atoms with Crippen molar-refractivity contribution in [2.75, 3.05) is 20.8 Å². The highest BCUT2D eigenvalue weighted by molar-refractivity contribution is 5.77. The first-order valence-corrected chi connectivity index (χ1v) is 15.0. The van der Waals surface area contributed by atoms with Crippen LogP contribution in [0.3, 0.4) is 0 Å². The summed E-state index contributed by atoms with van der Waals surface area (Å²) < 4.78 is 13.3. The van der Waals surface area contributed by atoms with Crippen LogP contribution in [0.1, 0.15) is 62.1 Å². The SMILES string of the molecule is C=C1C[C@H](CCCOC(c2ccccc2)(c2ccccc2)c2ccccc2)OC1CCC(O)C[C@@H](C)C(=O)N(C)OC. The van der Waals surface area contributed by atoms with Gasteiger partial charge in [0.25, 0.3) is 0 Å². The molecule has 1 amide bonds. The standard InChI is InChI=1S/C36H45NO5/c1-27-26-33(42-34(27)23-22-32(38)25-28(2)35(39)37(3)40-4)21-14-24-41-36(29-15-8-5-9-16-29,30-17-10-6-11-18-30)31-19-12-7-13-20-31/h5-13,15-20,28,32-34,38H,1,14,21-26H2,2-4H3/t28-,32?,33+,34?/m1/s1. The average Bonchev–Trinajstić information content (AvgIpc) is 3.39. The van der Waals surface area contributed by atoms with E-state index in [-0.39, 0.29) is 24.0 Å². The van der Waals surface area contributed by atoms with Crippen molar-refractivity contribution in [1.29, 1.82) is 0 Å². The van der Waals surface area contributed by atoms with Crippen LogP contribution in [0.4, 0.5) is 0 Å². The number of hydrogen-bond acceptors (Lipinski definition) is 5. The van der Waals surface area contributed by atoms with Gasteiger partial charge in [0.1, 0.15) is 5.60 Å². The van der Waals surface area contributed by atoms with Gasteiger partial charge in [-0.1, -0.05) is 104 Å². The normalized spacial score (nSPS) is 18.5. The number of aliphatic hydroxyl groups excluding tert-OH is 1. The van der Waals surface area contributed by atoms with Gasteiger partial charge in [-0.3, -0.25) is 9.63 Å². The third-order valence-corrected chi connectivity index (χ3v) is 8.23. The first kappa shape index (κ1) is 31.6. The summed E-state index contributed by atoms with van der Waals surface area (Å²) in [4.78, 5) is 17.2. The van der Waals surface area contributed by atoms with E-state index in [1.165, 1.54) is 12.2 Å². The van der Waals surface area contributed by atoms with Crippen molar-refractivity contribution in [3.63, 3.8) is 0 Å². The van der Waals surface area contributed by atoms with E-state index >= 15 is 0 Å². The molecular formula is C36H45NO5. The van der Waals surface area contributed by atoms with Crippen molar-refractivity contribution in [3.8, 4) is 0 Å². The molecule has 0 radical (unpaired) electrons. The van der Waals surface area contributed by atoms with E-state index in [0.29, 0.717) is 25.9 Å². The molecule has 42 heavy (non-hydrogen) atoms. The van der Waals surface area contributed by atoms with Crippen molar-refractivity contribution in [3.05, 3.63) is 120 Å². The molecule has 3 aromatic rings. The number of hydrogen-bond donors (Lipinski definition) is 1. The maximum atomic E-state index is 12.2. The Morgan fingerprint density at radius 3 is 2.00 bits per heavy atom. The summed E-state index contributed by atoms with van der Waals surface area (Å²) in [6.07, 6.45) is 3.58. The predicted molar refractivity (Wildman–Crippen MR) is 166 cm³/mol. The molecule has 0 aromatic heterocycles. The summed E-state index contributed by atoms with van der Waals surface area (Å²) in [7, 11) is 3.04. The molecule has 3 aromatic carbocycles. The second-order valence-corrected chi connectivity index (χ2v) is 11.3. The first-order valence-electron chi connectivity index (χ1n) is 15.0. The summed E-state index contributed by atoms with van der Waals surface area (Å²) in [5.41, 5.74) is 3.63. The van der Waals surface area contributed by atoms with Crippen molar-refractivity contribution in [1.82, 2.24) is 5.06 Å². The molecule has 6 heteroatoms. The van der Waals surface area contributed by atoms with Crippen LogP contribution in [0.15, 0.2) is 103 Å². The summed E-state index contributed by atoms with van der Waals surface area (Å²) >= 11 is 0. The molecule has 1 aliphatic rings. The molecule has 4 atom stereocenters. The Morgan fingerprint density at radius 2 is 1.50 bits per heavy atom. The minimum absolute atomic E-state index is 0.0738. The summed E-state index contributed by atoms with van der Waals surface area (Å²) in [6.45, 7) is 6.64. The number of carbonyl (C=O) groups excluding carboxylic acids is 1. The van der Waals surface area contributed by atoms with Crippen LogP contribution in [-0.4, -0.2) is 55.2 Å². The smallest absolute Gasteiger partial charge is 0.248 e. The van der Waals surface area contributed by atoms with Crippen LogP contribution in [0.5, 0.6) is 0 Å². The quantitative estimate of drug-likeness (QED) is 0.0955. The zero-order valence-corrected chi connectivity index (χ0v) is 25.2. The maximum Gasteiger partial charge on any atom is 0.248 e. The molecule has 1 aliphatic heterocycles. The minimum Gasteiger partial charge on any atom is -0.393 e. The second-order valence-electron chi connectivity index (χ2n) is 11.3. The number of nitrogens with zero attached hydrogens (tertiary/aromatic N) is 1. The van der Waals surface area contributed by atoms with Crippen molar-refractivity contribution in [2.24, 2.45) is 5.92 Å². The van der Waals surface area contributed by atoms with Gasteiger partial charge in [0.15, 0.2) is 0 Å². The molecule has 1 N–H and O–H groups in total. The monoisotopic (exact) mass is 571 g/mol. The Hall–Kier alpha value is -3.29. The highest BCUT2D eigenvalue weighted by Gasteiger charge is 2.37. The van der Waals surface area contributed by atoms with Crippen LogP contribution in [-0.2, 0) is 24.7 Å². The van der Waals surface area contributed by atoms with Gasteiger partial charge in [0.2, 0.25) is 5.91 Å². The van der Waals surface area contributed by atoms with Gasteiger partial charge in [0, 0.05) is 19.6 Å². The second kappa shape index (κ2) is 15.3. The van der Waals surface area contributed by atoms with Crippen LogP contribution < -0.4 is 0 Å². The zero-order valence-electron chi connectivity index (χ0n) is 25.2. The van der Waals surface area contributed by atoms with Gasteiger partial charge in [-0.15, -0.1) is 0 Å². The third kappa shape index (κ3) is 7.75. The summed E-state index contributed by atoms with van der Waals surface area (Å²) in [5.74, 6) is -0.462. The minimum atomic E-state index is -0.723. The molecule has 1 heterocycles. The molecule has 224 valence electrons. The highest BCUT2D eigenvalue weighted by Crippen LogP contribution is 2.41. The molecule has 1 fully saturated rings. The molecule has 0 aliphatic carbocycles.